The third kappa shape index (κ3) is 4.82. The molecule has 0 aliphatic carbocycles. The summed E-state index contributed by atoms with van der Waals surface area (Å²) in [4.78, 5) is 18.4. The van der Waals surface area contributed by atoms with Crippen molar-refractivity contribution in [1.29, 1.82) is 0 Å². The summed E-state index contributed by atoms with van der Waals surface area (Å²) in [5.74, 6) is 0.886. The Labute approximate surface area is 155 Å². The number of rotatable bonds is 7. The lowest BCUT2D eigenvalue weighted by Gasteiger charge is -2.24. The first-order valence-corrected chi connectivity index (χ1v) is 9.31. The van der Waals surface area contributed by atoms with Gasteiger partial charge in [0.1, 0.15) is 5.75 Å². The molecule has 1 amide bonds. The normalized spacial score (nSPS) is 17.2. The van der Waals surface area contributed by atoms with Crippen LogP contribution >= 0.6 is 0 Å². The Morgan fingerprint density at radius 2 is 2.08 bits per heavy atom. The van der Waals surface area contributed by atoms with Crippen molar-refractivity contribution in [1.82, 2.24) is 15.2 Å². The molecule has 138 valence electrons. The lowest BCUT2D eigenvalue weighted by molar-refractivity contribution is -0.119. The summed E-state index contributed by atoms with van der Waals surface area (Å²) in [7, 11) is 0. The van der Waals surface area contributed by atoms with Gasteiger partial charge in [0.25, 0.3) is 0 Å². The van der Waals surface area contributed by atoms with Crippen LogP contribution < -0.4 is 10.1 Å². The van der Waals surface area contributed by atoms with Crippen LogP contribution in [-0.4, -0.2) is 28.9 Å². The molecule has 1 N–H and O–H groups in total. The van der Waals surface area contributed by atoms with Gasteiger partial charge in [0.15, 0.2) is 0 Å². The number of aromatic nitrogens is 1. The molecule has 1 aliphatic heterocycles. The largest absolute Gasteiger partial charge is 0.494 e. The minimum Gasteiger partial charge on any atom is -0.494 e. The second kappa shape index (κ2) is 8.81. The smallest absolute Gasteiger partial charge is 0.217 e. The van der Waals surface area contributed by atoms with Crippen LogP contribution in [0.5, 0.6) is 5.75 Å². The maximum atomic E-state index is 11.1. The first-order chi connectivity index (χ1) is 12.7. The molecule has 5 nitrogen and oxygen atoms in total. The molecule has 1 fully saturated rings. The highest BCUT2D eigenvalue weighted by atomic mass is 16.5. The molecule has 0 bridgehead atoms. The van der Waals surface area contributed by atoms with E-state index in [0.717, 1.165) is 36.6 Å². The van der Waals surface area contributed by atoms with Crippen LogP contribution in [0.3, 0.4) is 0 Å². The molecule has 26 heavy (non-hydrogen) atoms. The van der Waals surface area contributed by atoms with E-state index in [1.165, 1.54) is 18.9 Å². The highest BCUT2D eigenvalue weighted by Gasteiger charge is 2.27. The van der Waals surface area contributed by atoms with Gasteiger partial charge in [0.2, 0.25) is 5.91 Å². The van der Waals surface area contributed by atoms with E-state index in [1.54, 1.807) is 0 Å². The van der Waals surface area contributed by atoms with E-state index in [2.05, 4.69) is 28.4 Å². The monoisotopic (exact) mass is 353 g/mol. The van der Waals surface area contributed by atoms with E-state index >= 15 is 0 Å². The van der Waals surface area contributed by atoms with Gasteiger partial charge in [0, 0.05) is 13.5 Å². The van der Waals surface area contributed by atoms with E-state index in [1.807, 2.05) is 31.2 Å². The van der Waals surface area contributed by atoms with E-state index < -0.39 is 0 Å². The number of benzene rings is 1. The number of pyridine rings is 1. The molecule has 1 aromatic heterocycles. The zero-order chi connectivity index (χ0) is 18.4. The van der Waals surface area contributed by atoms with Gasteiger partial charge in [-0.05, 0) is 56.1 Å². The van der Waals surface area contributed by atoms with Crippen LogP contribution in [0.2, 0.25) is 0 Å². The summed E-state index contributed by atoms with van der Waals surface area (Å²) < 4.78 is 5.52. The van der Waals surface area contributed by atoms with Crippen molar-refractivity contribution < 1.29 is 9.53 Å². The maximum Gasteiger partial charge on any atom is 0.217 e. The standard InChI is InChI=1S/C21H27N3O2/c1-3-26-19-11-9-17(10-12-19)15-24-13-5-8-21(24)20-7-4-6-18(23-20)14-22-16(2)25/h4,6-7,9-12,21H,3,5,8,13-15H2,1-2H3,(H,22,25)/t21-/m0/s1. The van der Waals surface area contributed by atoms with Crippen molar-refractivity contribution in [2.75, 3.05) is 13.2 Å². The predicted octanol–water partition coefficient (Wildman–Crippen LogP) is 3.45. The average molecular weight is 353 g/mol. The molecule has 0 radical (unpaired) electrons. The first-order valence-electron chi connectivity index (χ1n) is 9.31. The topological polar surface area (TPSA) is 54.5 Å². The van der Waals surface area contributed by atoms with Gasteiger partial charge in [-0.2, -0.15) is 0 Å². The molecule has 1 aromatic carbocycles. The third-order valence-corrected chi connectivity index (χ3v) is 4.67. The Morgan fingerprint density at radius 3 is 2.81 bits per heavy atom. The second-order valence-corrected chi connectivity index (χ2v) is 6.67. The lowest BCUT2D eigenvalue weighted by Crippen LogP contribution is -2.24. The van der Waals surface area contributed by atoms with Crippen LogP contribution in [0.25, 0.3) is 0 Å². The Balaban J connectivity index is 1.67. The highest BCUT2D eigenvalue weighted by Crippen LogP contribution is 2.32. The van der Waals surface area contributed by atoms with Crippen molar-refractivity contribution in [3.63, 3.8) is 0 Å². The Morgan fingerprint density at radius 1 is 1.27 bits per heavy atom. The fraction of sp³-hybridized carbons (Fsp3) is 0.429. The number of ether oxygens (including phenoxy) is 1. The summed E-state index contributed by atoms with van der Waals surface area (Å²) in [6.07, 6.45) is 2.30. The fourth-order valence-corrected chi connectivity index (χ4v) is 3.44. The fourth-order valence-electron chi connectivity index (χ4n) is 3.44. The van der Waals surface area contributed by atoms with Crippen LogP contribution in [0.1, 0.15) is 49.7 Å². The zero-order valence-corrected chi connectivity index (χ0v) is 15.6. The SMILES string of the molecule is CCOc1ccc(CN2CCC[C@H]2c2cccc(CNC(C)=O)n2)cc1. The quantitative estimate of drug-likeness (QED) is 0.828. The maximum absolute atomic E-state index is 11.1. The minimum absolute atomic E-state index is 0.0322. The molecular weight excluding hydrogens is 326 g/mol. The van der Waals surface area contributed by atoms with Crippen molar-refractivity contribution in [3.8, 4) is 5.75 Å². The van der Waals surface area contributed by atoms with E-state index in [4.69, 9.17) is 9.72 Å². The highest BCUT2D eigenvalue weighted by molar-refractivity contribution is 5.72. The Hall–Kier alpha value is -2.40. The van der Waals surface area contributed by atoms with Gasteiger partial charge in [0.05, 0.1) is 30.6 Å². The molecule has 0 saturated carbocycles. The number of hydrogen-bond acceptors (Lipinski definition) is 4. The Kier molecular flexibility index (Phi) is 6.23. The van der Waals surface area contributed by atoms with Crippen molar-refractivity contribution >= 4 is 5.91 Å². The zero-order valence-electron chi connectivity index (χ0n) is 15.6. The van der Waals surface area contributed by atoms with Gasteiger partial charge in [-0.15, -0.1) is 0 Å². The molecule has 0 spiro atoms. The van der Waals surface area contributed by atoms with Crippen molar-refractivity contribution in [3.05, 3.63) is 59.4 Å². The second-order valence-electron chi connectivity index (χ2n) is 6.67. The molecule has 3 rings (SSSR count). The van der Waals surface area contributed by atoms with Gasteiger partial charge in [-0.1, -0.05) is 18.2 Å². The summed E-state index contributed by atoms with van der Waals surface area (Å²) >= 11 is 0. The summed E-state index contributed by atoms with van der Waals surface area (Å²) in [6, 6.07) is 14.8. The van der Waals surface area contributed by atoms with Crippen LogP contribution in [0.4, 0.5) is 0 Å². The number of amides is 1. The van der Waals surface area contributed by atoms with E-state index in [-0.39, 0.29) is 5.91 Å². The molecule has 2 heterocycles. The van der Waals surface area contributed by atoms with Gasteiger partial charge in [-0.3, -0.25) is 14.7 Å². The third-order valence-electron chi connectivity index (χ3n) is 4.67. The van der Waals surface area contributed by atoms with Crippen molar-refractivity contribution in [2.45, 2.75) is 45.8 Å². The first kappa shape index (κ1) is 18.4. The minimum atomic E-state index is -0.0322. The van der Waals surface area contributed by atoms with E-state index in [9.17, 15) is 4.79 Å². The molecule has 2 aromatic rings. The Bertz CT molecular complexity index is 730. The predicted molar refractivity (Wildman–Crippen MR) is 102 cm³/mol. The van der Waals surface area contributed by atoms with Crippen molar-refractivity contribution in [2.24, 2.45) is 0 Å². The molecule has 1 aliphatic rings. The number of nitrogens with zero attached hydrogens (tertiary/aromatic N) is 2. The number of carbonyl (C=O) groups excluding carboxylic acids is 1. The molecule has 1 saturated heterocycles. The molecule has 1 atom stereocenters. The summed E-state index contributed by atoms with van der Waals surface area (Å²) in [5.41, 5.74) is 3.29. The van der Waals surface area contributed by atoms with Gasteiger partial charge >= 0.3 is 0 Å². The van der Waals surface area contributed by atoms with Crippen LogP contribution in [0, 0.1) is 0 Å². The molecule has 5 heteroatoms. The average Bonchev–Trinajstić information content (AvgIpc) is 3.10. The summed E-state index contributed by atoms with van der Waals surface area (Å²) in [6.45, 7) is 6.68. The van der Waals surface area contributed by atoms with Gasteiger partial charge < -0.3 is 10.1 Å². The molecule has 0 unspecified atom stereocenters. The van der Waals surface area contributed by atoms with Crippen LogP contribution in [-0.2, 0) is 17.9 Å². The molecular formula is C21H27N3O2. The number of carbonyl (C=O) groups is 1. The van der Waals surface area contributed by atoms with Crippen LogP contribution in [0.15, 0.2) is 42.5 Å². The van der Waals surface area contributed by atoms with E-state index in [0.29, 0.717) is 19.2 Å². The summed E-state index contributed by atoms with van der Waals surface area (Å²) in [5, 5.41) is 2.82. The van der Waals surface area contributed by atoms with Gasteiger partial charge in [-0.25, -0.2) is 0 Å². The number of nitrogens with one attached hydrogen (secondary N) is 1. The number of hydrogen-bond donors (Lipinski definition) is 1. The lowest BCUT2D eigenvalue weighted by atomic mass is 10.1. The number of likely N-dealkylation sites (tertiary alicyclic amines) is 1.